The first kappa shape index (κ1) is 32.0. The molecule has 0 radical (unpaired) electrons. The van der Waals surface area contributed by atoms with E-state index in [4.69, 9.17) is 11.6 Å². The molecule has 0 saturated carbocycles. The number of amides is 2. The number of hydrogen-bond acceptors (Lipinski definition) is 4. The van der Waals surface area contributed by atoms with Gasteiger partial charge in [0.2, 0.25) is 11.8 Å². The number of rotatable bonds is 12. The first-order chi connectivity index (χ1) is 19.4. The molecule has 0 aromatic heterocycles. The van der Waals surface area contributed by atoms with Crippen LogP contribution in [0.5, 0.6) is 0 Å². The van der Waals surface area contributed by atoms with E-state index in [1.54, 1.807) is 37.3 Å². The molecule has 0 saturated heterocycles. The predicted molar refractivity (Wildman–Crippen MR) is 152 cm³/mol. The van der Waals surface area contributed by atoms with Crippen LogP contribution in [-0.4, -0.2) is 44.3 Å². The molecule has 0 aliphatic carbocycles. The van der Waals surface area contributed by atoms with Gasteiger partial charge in [0.25, 0.3) is 10.0 Å². The number of nitrogens with one attached hydrogen (secondary N) is 1. The van der Waals surface area contributed by atoms with Crippen LogP contribution in [0, 0.1) is 0 Å². The van der Waals surface area contributed by atoms with Crippen molar-refractivity contribution >= 4 is 39.1 Å². The minimum absolute atomic E-state index is 0.0597. The highest BCUT2D eigenvalue weighted by Crippen LogP contribution is 2.33. The van der Waals surface area contributed by atoms with Crippen LogP contribution in [0.2, 0.25) is 5.02 Å². The van der Waals surface area contributed by atoms with Crippen molar-refractivity contribution in [2.45, 2.75) is 50.3 Å². The van der Waals surface area contributed by atoms with Crippen LogP contribution in [0.4, 0.5) is 18.9 Å². The first-order valence-corrected chi connectivity index (χ1v) is 14.8. The SMILES string of the molecule is CCCNC(=O)C(CC)N(Cc1ccc(Cl)cc1)C(=O)CN(c1cccc(C(F)(F)F)c1)S(=O)(=O)c1ccccc1. The highest BCUT2D eigenvalue weighted by Gasteiger charge is 2.35. The zero-order valence-electron chi connectivity index (χ0n) is 22.6. The van der Waals surface area contributed by atoms with Gasteiger partial charge in [-0.05, 0) is 60.9 Å². The second-order valence-electron chi connectivity index (χ2n) is 9.24. The molecule has 0 fully saturated rings. The average molecular weight is 610 g/mol. The summed E-state index contributed by atoms with van der Waals surface area (Å²) in [5.41, 5.74) is -0.785. The van der Waals surface area contributed by atoms with Crippen LogP contribution in [0.3, 0.4) is 0 Å². The Bertz CT molecular complexity index is 1440. The number of nitrogens with zero attached hydrogens (tertiary/aromatic N) is 2. The van der Waals surface area contributed by atoms with Gasteiger partial charge in [-0.2, -0.15) is 13.2 Å². The maximum absolute atomic E-state index is 13.9. The number of anilines is 1. The smallest absolute Gasteiger partial charge is 0.354 e. The van der Waals surface area contributed by atoms with Crippen LogP contribution in [0.25, 0.3) is 0 Å². The minimum Gasteiger partial charge on any atom is -0.354 e. The fourth-order valence-corrected chi connectivity index (χ4v) is 5.71. The number of hydrogen-bond donors (Lipinski definition) is 1. The summed E-state index contributed by atoms with van der Waals surface area (Å²) < 4.78 is 68.8. The van der Waals surface area contributed by atoms with E-state index in [1.807, 2.05) is 6.92 Å². The van der Waals surface area contributed by atoms with Crippen molar-refractivity contribution in [3.63, 3.8) is 0 Å². The molecule has 7 nitrogen and oxygen atoms in total. The second-order valence-corrected chi connectivity index (χ2v) is 11.5. The van der Waals surface area contributed by atoms with Gasteiger partial charge in [0.1, 0.15) is 12.6 Å². The maximum atomic E-state index is 13.9. The van der Waals surface area contributed by atoms with E-state index in [0.29, 0.717) is 33.9 Å². The van der Waals surface area contributed by atoms with Crippen molar-refractivity contribution in [3.8, 4) is 0 Å². The summed E-state index contributed by atoms with van der Waals surface area (Å²) in [7, 11) is -4.49. The Hall–Kier alpha value is -3.57. The van der Waals surface area contributed by atoms with Gasteiger partial charge in [0, 0.05) is 18.1 Å². The summed E-state index contributed by atoms with van der Waals surface area (Å²) in [5.74, 6) is -1.19. The molecule has 1 unspecified atom stereocenters. The van der Waals surface area contributed by atoms with Crippen molar-refractivity contribution in [2.75, 3.05) is 17.4 Å². The Labute approximate surface area is 243 Å². The van der Waals surface area contributed by atoms with Gasteiger partial charge in [-0.3, -0.25) is 13.9 Å². The average Bonchev–Trinajstić information content (AvgIpc) is 2.95. The molecule has 41 heavy (non-hydrogen) atoms. The van der Waals surface area contributed by atoms with E-state index in [0.717, 1.165) is 12.1 Å². The van der Waals surface area contributed by atoms with Crippen LogP contribution < -0.4 is 9.62 Å². The zero-order chi connectivity index (χ0) is 30.2. The molecular formula is C29H31ClF3N3O4S. The summed E-state index contributed by atoms with van der Waals surface area (Å²) in [5, 5.41) is 3.23. The highest BCUT2D eigenvalue weighted by molar-refractivity contribution is 7.92. The fraction of sp³-hybridized carbons (Fsp3) is 0.310. The topological polar surface area (TPSA) is 86.8 Å². The molecular weight excluding hydrogens is 579 g/mol. The van der Waals surface area contributed by atoms with Crippen LogP contribution in [-0.2, 0) is 32.3 Å². The molecule has 1 atom stereocenters. The van der Waals surface area contributed by atoms with E-state index in [-0.39, 0.29) is 23.5 Å². The van der Waals surface area contributed by atoms with Crippen molar-refractivity contribution < 1.29 is 31.2 Å². The van der Waals surface area contributed by atoms with Crippen molar-refractivity contribution in [1.82, 2.24) is 10.2 Å². The predicted octanol–water partition coefficient (Wildman–Crippen LogP) is 5.89. The third kappa shape index (κ3) is 8.23. The molecule has 0 heterocycles. The Morgan fingerprint density at radius 1 is 0.951 bits per heavy atom. The van der Waals surface area contributed by atoms with Gasteiger partial charge >= 0.3 is 6.18 Å². The second kappa shape index (κ2) is 13.9. The lowest BCUT2D eigenvalue weighted by Gasteiger charge is -2.33. The molecule has 0 aliphatic rings. The number of sulfonamides is 1. The molecule has 2 amide bonds. The molecule has 1 N–H and O–H groups in total. The Balaban J connectivity index is 2.09. The largest absolute Gasteiger partial charge is 0.416 e. The monoisotopic (exact) mass is 609 g/mol. The normalized spacial score (nSPS) is 12.4. The molecule has 220 valence electrons. The number of alkyl halides is 3. The quantitative estimate of drug-likeness (QED) is 0.278. The summed E-state index contributed by atoms with van der Waals surface area (Å²) in [6.45, 7) is 3.06. The molecule has 12 heteroatoms. The highest BCUT2D eigenvalue weighted by atomic mass is 35.5. The number of carbonyl (C=O) groups excluding carboxylic acids is 2. The Morgan fingerprint density at radius 2 is 1.61 bits per heavy atom. The lowest BCUT2D eigenvalue weighted by atomic mass is 10.1. The molecule has 0 bridgehead atoms. The van der Waals surface area contributed by atoms with E-state index in [9.17, 15) is 31.2 Å². The van der Waals surface area contributed by atoms with Crippen molar-refractivity contribution in [1.29, 1.82) is 0 Å². The van der Waals surface area contributed by atoms with E-state index in [1.165, 1.54) is 35.2 Å². The van der Waals surface area contributed by atoms with Crippen LogP contribution >= 0.6 is 11.6 Å². The lowest BCUT2D eigenvalue weighted by Crippen LogP contribution is -2.52. The van der Waals surface area contributed by atoms with Gasteiger partial charge in [0.05, 0.1) is 16.1 Å². The molecule has 0 aliphatic heterocycles. The van der Waals surface area contributed by atoms with Crippen LogP contribution in [0.15, 0.2) is 83.8 Å². The minimum atomic E-state index is -4.74. The third-order valence-corrected chi connectivity index (χ3v) is 8.31. The Kier molecular flexibility index (Phi) is 10.8. The van der Waals surface area contributed by atoms with Crippen molar-refractivity contribution in [3.05, 3.63) is 95.0 Å². The van der Waals surface area contributed by atoms with Gasteiger partial charge < -0.3 is 10.2 Å². The van der Waals surface area contributed by atoms with Gasteiger partial charge in [0.15, 0.2) is 0 Å². The molecule has 3 rings (SSSR count). The molecule has 3 aromatic carbocycles. The molecule has 3 aromatic rings. The van der Waals surface area contributed by atoms with E-state index >= 15 is 0 Å². The van der Waals surface area contributed by atoms with Gasteiger partial charge in [-0.15, -0.1) is 0 Å². The number of halogens is 4. The Morgan fingerprint density at radius 3 is 2.20 bits per heavy atom. The summed E-state index contributed by atoms with van der Waals surface area (Å²) in [4.78, 5) is 28.0. The summed E-state index contributed by atoms with van der Waals surface area (Å²) in [6.07, 6.45) is -3.87. The van der Waals surface area contributed by atoms with E-state index < -0.39 is 46.2 Å². The van der Waals surface area contributed by atoms with Gasteiger partial charge in [-0.25, -0.2) is 8.42 Å². The van der Waals surface area contributed by atoms with Gasteiger partial charge in [-0.1, -0.05) is 61.8 Å². The first-order valence-electron chi connectivity index (χ1n) is 12.9. The zero-order valence-corrected chi connectivity index (χ0v) is 24.1. The fourth-order valence-electron chi connectivity index (χ4n) is 4.16. The van der Waals surface area contributed by atoms with Crippen molar-refractivity contribution in [2.24, 2.45) is 0 Å². The molecule has 0 spiro atoms. The third-order valence-electron chi connectivity index (χ3n) is 6.27. The number of benzene rings is 3. The van der Waals surface area contributed by atoms with E-state index in [2.05, 4.69) is 5.32 Å². The van der Waals surface area contributed by atoms with Crippen LogP contribution in [0.1, 0.15) is 37.8 Å². The standard InChI is InChI=1S/C29H31ClF3N3O4S/c1-3-17-34-28(38)26(4-2)35(19-21-13-15-23(30)16-14-21)27(37)20-36(41(39,40)25-11-6-5-7-12-25)24-10-8-9-22(18-24)29(31,32)33/h5-16,18,26H,3-4,17,19-20H2,1-2H3,(H,34,38). The lowest BCUT2D eigenvalue weighted by molar-refractivity contribution is -0.140. The number of carbonyl (C=O) groups is 2. The summed E-state index contributed by atoms with van der Waals surface area (Å²) in [6, 6.07) is 16.5. The summed E-state index contributed by atoms with van der Waals surface area (Å²) >= 11 is 6.00. The maximum Gasteiger partial charge on any atom is 0.416 e.